The molecule has 1 saturated carbocycles. The minimum Gasteiger partial charge on any atom is -0.313 e. The van der Waals surface area contributed by atoms with E-state index in [-0.39, 0.29) is 0 Å². The Hall–Kier alpha value is -1.33. The van der Waals surface area contributed by atoms with E-state index in [4.69, 9.17) is 5.26 Å². The zero-order valence-electron chi connectivity index (χ0n) is 9.58. The molecule has 0 saturated heterocycles. The van der Waals surface area contributed by atoms with Gasteiger partial charge in [0.1, 0.15) is 0 Å². The second-order valence-corrected chi connectivity index (χ2v) is 4.57. The maximum atomic E-state index is 8.67. The molecule has 0 unspecified atom stereocenters. The number of hydrogen-bond donors (Lipinski definition) is 1. The molecule has 0 aromatic heterocycles. The topological polar surface area (TPSA) is 35.8 Å². The minimum absolute atomic E-state index is 0.734. The van der Waals surface area contributed by atoms with Crippen LogP contribution in [0.25, 0.3) is 0 Å². The van der Waals surface area contributed by atoms with Crippen LogP contribution in [0.4, 0.5) is 0 Å². The van der Waals surface area contributed by atoms with Gasteiger partial charge in [-0.05, 0) is 43.0 Å². The lowest BCUT2D eigenvalue weighted by atomic mass is 10.1. The van der Waals surface area contributed by atoms with Crippen LogP contribution in [0.15, 0.2) is 24.3 Å². The average Bonchev–Trinajstić information content (AvgIpc) is 3.13. The van der Waals surface area contributed by atoms with Crippen molar-refractivity contribution in [1.82, 2.24) is 5.32 Å². The Morgan fingerprint density at radius 1 is 1.25 bits per heavy atom. The van der Waals surface area contributed by atoms with E-state index in [2.05, 4.69) is 11.4 Å². The molecule has 0 aliphatic heterocycles. The van der Waals surface area contributed by atoms with Gasteiger partial charge >= 0.3 is 0 Å². The molecule has 0 bridgehead atoms. The summed E-state index contributed by atoms with van der Waals surface area (Å²) in [6, 6.07) is 9.92. The van der Waals surface area contributed by atoms with Gasteiger partial charge in [0.2, 0.25) is 0 Å². The first-order valence-electron chi connectivity index (χ1n) is 6.08. The van der Waals surface area contributed by atoms with Crippen molar-refractivity contribution in [2.45, 2.75) is 32.2 Å². The van der Waals surface area contributed by atoms with Gasteiger partial charge < -0.3 is 5.32 Å². The first kappa shape index (κ1) is 11.2. The van der Waals surface area contributed by atoms with Gasteiger partial charge in [0.25, 0.3) is 0 Å². The molecule has 2 heteroatoms. The Balaban J connectivity index is 1.62. The minimum atomic E-state index is 0.734. The fourth-order valence-electron chi connectivity index (χ4n) is 1.85. The number of benzene rings is 1. The third kappa shape index (κ3) is 3.67. The van der Waals surface area contributed by atoms with Crippen molar-refractivity contribution in [3.8, 4) is 6.07 Å². The zero-order chi connectivity index (χ0) is 11.2. The highest BCUT2D eigenvalue weighted by atomic mass is 14.8. The summed E-state index contributed by atoms with van der Waals surface area (Å²) in [5, 5.41) is 12.1. The van der Waals surface area contributed by atoms with E-state index in [1.54, 1.807) is 0 Å². The fraction of sp³-hybridized carbons (Fsp3) is 0.500. The maximum absolute atomic E-state index is 8.67. The van der Waals surface area contributed by atoms with Crippen molar-refractivity contribution in [3.05, 3.63) is 35.4 Å². The summed E-state index contributed by atoms with van der Waals surface area (Å²) in [6.45, 7) is 2.02. The van der Waals surface area contributed by atoms with Gasteiger partial charge in [-0.1, -0.05) is 25.0 Å². The van der Waals surface area contributed by atoms with Gasteiger partial charge in [-0.3, -0.25) is 0 Å². The first-order valence-corrected chi connectivity index (χ1v) is 6.08. The molecular formula is C14H18N2. The normalized spacial score (nSPS) is 14.7. The summed E-state index contributed by atoms with van der Waals surface area (Å²) in [5.41, 5.74) is 1.99. The van der Waals surface area contributed by atoms with Crippen molar-refractivity contribution >= 4 is 0 Å². The molecule has 1 aromatic carbocycles. The van der Waals surface area contributed by atoms with Crippen molar-refractivity contribution < 1.29 is 0 Å². The molecule has 84 valence electrons. The molecule has 0 spiro atoms. The van der Waals surface area contributed by atoms with Crippen molar-refractivity contribution in [2.75, 3.05) is 6.54 Å². The van der Waals surface area contributed by atoms with Crippen molar-refractivity contribution in [2.24, 2.45) is 5.92 Å². The zero-order valence-corrected chi connectivity index (χ0v) is 9.58. The summed E-state index contributed by atoms with van der Waals surface area (Å²) < 4.78 is 0. The van der Waals surface area contributed by atoms with Crippen molar-refractivity contribution in [3.63, 3.8) is 0 Å². The molecule has 1 aliphatic carbocycles. The standard InChI is InChI=1S/C14H18N2/c15-10-13-5-7-14(8-6-13)11-16-9-1-2-12-3-4-12/h5-8,12,16H,1-4,9,11H2. The molecule has 2 rings (SSSR count). The summed E-state index contributed by atoms with van der Waals surface area (Å²) >= 11 is 0. The number of nitriles is 1. The monoisotopic (exact) mass is 214 g/mol. The second kappa shape index (κ2) is 5.67. The van der Waals surface area contributed by atoms with Crippen LogP contribution in [0.1, 0.15) is 36.8 Å². The molecular weight excluding hydrogens is 196 g/mol. The van der Waals surface area contributed by atoms with Crippen LogP contribution < -0.4 is 5.32 Å². The average molecular weight is 214 g/mol. The van der Waals surface area contributed by atoms with Gasteiger partial charge in [0.15, 0.2) is 0 Å². The summed E-state index contributed by atoms with van der Waals surface area (Å²) in [6.07, 6.45) is 5.59. The highest BCUT2D eigenvalue weighted by molar-refractivity contribution is 5.31. The van der Waals surface area contributed by atoms with Crippen LogP contribution in [0.2, 0.25) is 0 Å². The molecule has 0 atom stereocenters. The van der Waals surface area contributed by atoms with Crippen LogP contribution in [0.5, 0.6) is 0 Å². The molecule has 2 nitrogen and oxygen atoms in total. The largest absolute Gasteiger partial charge is 0.313 e. The van der Waals surface area contributed by atoms with E-state index < -0.39 is 0 Å². The third-order valence-corrected chi connectivity index (χ3v) is 3.08. The molecule has 0 heterocycles. The lowest BCUT2D eigenvalue weighted by Crippen LogP contribution is -2.14. The Morgan fingerprint density at radius 3 is 2.62 bits per heavy atom. The van der Waals surface area contributed by atoms with Gasteiger partial charge in [-0.25, -0.2) is 0 Å². The number of hydrogen-bond acceptors (Lipinski definition) is 2. The Kier molecular flexibility index (Phi) is 3.96. The van der Waals surface area contributed by atoms with Crippen LogP contribution in [0.3, 0.4) is 0 Å². The van der Waals surface area contributed by atoms with E-state index in [1.807, 2.05) is 24.3 Å². The predicted octanol–water partition coefficient (Wildman–Crippen LogP) is 2.84. The van der Waals surface area contributed by atoms with Crippen LogP contribution in [-0.4, -0.2) is 6.54 Å². The SMILES string of the molecule is N#Cc1ccc(CNCCCC2CC2)cc1. The molecule has 0 amide bonds. The Labute approximate surface area is 97.3 Å². The molecule has 1 aromatic rings. The first-order chi connectivity index (χ1) is 7.88. The molecule has 1 N–H and O–H groups in total. The highest BCUT2D eigenvalue weighted by Gasteiger charge is 2.19. The Bertz CT molecular complexity index is 357. The Morgan fingerprint density at radius 2 is 2.00 bits per heavy atom. The smallest absolute Gasteiger partial charge is 0.0991 e. The fourth-order valence-corrected chi connectivity index (χ4v) is 1.85. The lowest BCUT2D eigenvalue weighted by Gasteiger charge is -2.04. The molecule has 16 heavy (non-hydrogen) atoms. The predicted molar refractivity (Wildman–Crippen MR) is 64.8 cm³/mol. The highest BCUT2D eigenvalue weighted by Crippen LogP contribution is 2.33. The van der Waals surface area contributed by atoms with Crippen LogP contribution in [-0.2, 0) is 6.54 Å². The van der Waals surface area contributed by atoms with Gasteiger partial charge in [-0.2, -0.15) is 5.26 Å². The van der Waals surface area contributed by atoms with E-state index >= 15 is 0 Å². The van der Waals surface area contributed by atoms with Gasteiger partial charge in [-0.15, -0.1) is 0 Å². The number of rotatable bonds is 6. The summed E-state index contributed by atoms with van der Waals surface area (Å²) in [5.74, 6) is 1.04. The van der Waals surface area contributed by atoms with Gasteiger partial charge in [0, 0.05) is 6.54 Å². The molecule has 1 fully saturated rings. The third-order valence-electron chi connectivity index (χ3n) is 3.08. The number of nitrogens with zero attached hydrogens (tertiary/aromatic N) is 1. The maximum Gasteiger partial charge on any atom is 0.0991 e. The van der Waals surface area contributed by atoms with E-state index in [9.17, 15) is 0 Å². The summed E-state index contributed by atoms with van der Waals surface area (Å²) in [4.78, 5) is 0. The lowest BCUT2D eigenvalue weighted by molar-refractivity contribution is 0.594. The summed E-state index contributed by atoms with van der Waals surface area (Å²) in [7, 11) is 0. The quantitative estimate of drug-likeness (QED) is 0.739. The molecule has 0 radical (unpaired) electrons. The van der Waals surface area contributed by atoms with Crippen LogP contribution in [0, 0.1) is 17.2 Å². The molecule has 1 aliphatic rings. The van der Waals surface area contributed by atoms with Crippen molar-refractivity contribution in [1.29, 1.82) is 5.26 Å². The van der Waals surface area contributed by atoms with E-state index in [1.165, 1.54) is 31.2 Å². The van der Waals surface area contributed by atoms with E-state index in [0.717, 1.165) is 24.6 Å². The second-order valence-electron chi connectivity index (χ2n) is 4.57. The van der Waals surface area contributed by atoms with Gasteiger partial charge in [0.05, 0.1) is 11.6 Å². The van der Waals surface area contributed by atoms with E-state index in [0.29, 0.717) is 0 Å². The number of nitrogens with one attached hydrogen (secondary N) is 1. The van der Waals surface area contributed by atoms with Crippen LogP contribution >= 0.6 is 0 Å².